The number of carbonyl (C=O) groups excluding carboxylic acids is 3. The lowest BCUT2D eigenvalue weighted by atomic mass is 10.2. The summed E-state index contributed by atoms with van der Waals surface area (Å²) in [6, 6.07) is -0.690. The number of esters is 1. The number of carbonyl (C=O) groups is 3. The number of nitrogens with zero attached hydrogens (tertiary/aromatic N) is 2. The second kappa shape index (κ2) is 8.09. The first kappa shape index (κ1) is 20.0. The van der Waals surface area contributed by atoms with Gasteiger partial charge in [0, 0.05) is 20.0 Å². The van der Waals surface area contributed by atoms with Crippen LogP contribution < -0.4 is 16.2 Å². The highest BCUT2D eigenvalue weighted by molar-refractivity contribution is 7.20. The van der Waals surface area contributed by atoms with Crippen LogP contribution in [0.15, 0.2) is 4.79 Å². The number of fused-ring (bicyclic) bond motifs is 2. The van der Waals surface area contributed by atoms with E-state index < -0.39 is 24.0 Å². The van der Waals surface area contributed by atoms with Crippen LogP contribution in [0.2, 0.25) is 0 Å². The summed E-state index contributed by atoms with van der Waals surface area (Å²) in [7, 11) is 1.37. The van der Waals surface area contributed by atoms with Crippen molar-refractivity contribution in [1.82, 2.24) is 20.2 Å². The molecule has 150 valence electrons. The van der Waals surface area contributed by atoms with Gasteiger partial charge in [-0.25, -0.2) is 14.6 Å². The molecule has 1 atom stereocenters. The van der Waals surface area contributed by atoms with Crippen molar-refractivity contribution in [1.29, 1.82) is 0 Å². The molecule has 0 saturated heterocycles. The molecule has 1 aliphatic heterocycles. The standard InChI is InChI=1S/C18H22N4O5S/c1-9-12-15(20-11-7-5-4-6-8-22(11)16(12)24)28-13(9)17(25)27-10(2)14(23)21-18(26)19-3/h10H,4-8H2,1-3H3,(H2,19,21,23,26)/t10-/m0/s1. The molecule has 0 saturated carbocycles. The molecule has 0 bridgehead atoms. The molecule has 2 aromatic rings. The zero-order chi connectivity index (χ0) is 20.4. The number of ether oxygens (including phenoxy) is 1. The van der Waals surface area contributed by atoms with E-state index in [0.717, 1.165) is 42.8 Å². The zero-order valence-corrected chi connectivity index (χ0v) is 16.8. The molecule has 3 heterocycles. The quantitative estimate of drug-likeness (QED) is 0.746. The van der Waals surface area contributed by atoms with Gasteiger partial charge < -0.3 is 10.1 Å². The van der Waals surface area contributed by atoms with Crippen LogP contribution in [0.5, 0.6) is 0 Å². The largest absolute Gasteiger partial charge is 0.448 e. The predicted molar refractivity (Wildman–Crippen MR) is 104 cm³/mol. The molecule has 0 radical (unpaired) electrons. The van der Waals surface area contributed by atoms with Gasteiger partial charge in [-0.3, -0.25) is 19.5 Å². The van der Waals surface area contributed by atoms with Gasteiger partial charge in [-0.05, 0) is 32.3 Å². The Hall–Kier alpha value is -2.75. The fraction of sp³-hybridized carbons (Fsp3) is 0.500. The smallest absolute Gasteiger partial charge is 0.349 e. The first-order valence-electron chi connectivity index (χ1n) is 9.09. The predicted octanol–water partition coefficient (Wildman–Crippen LogP) is 1.49. The number of amides is 3. The summed E-state index contributed by atoms with van der Waals surface area (Å²) in [5.74, 6) is -0.717. The molecule has 2 N–H and O–H groups in total. The Balaban J connectivity index is 1.89. The normalized spacial score (nSPS) is 14.7. The van der Waals surface area contributed by atoms with Crippen LogP contribution in [0, 0.1) is 6.92 Å². The maximum absolute atomic E-state index is 12.9. The number of hydrogen-bond donors (Lipinski definition) is 2. The van der Waals surface area contributed by atoms with E-state index in [1.807, 2.05) is 0 Å². The van der Waals surface area contributed by atoms with Crippen LogP contribution >= 0.6 is 11.3 Å². The highest BCUT2D eigenvalue weighted by Crippen LogP contribution is 2.29. The summed E-state index contributed by atoms with van der Waals surface area (Å²) in [5, 5.41) is 4.72. The van der Waals surface area contributed by atoms with Crippen LogP contribution in [0.25, 0.3) is 10.2 Å². The number of rotatable bonds is 3. The molecule has 2 aromatic heterocycles. The fourth-order valence-corrected chi connectivity index (χ4v) is 4.22. The summed E-state index contributed by atoms with van der Waals surface area (Å²) in [4.78, 5) is 53.9. The van der Waals surface area contributed by atoms with Gasteiger partial charge in [0.2, 0.25) is 0 Å². The van der Waals surface area contributed by atoms with Gasteiger partial charge in [0.25, 0.3) is 11.5 Å². The van der Waals surface area contributed by atoms with E-state index >= 15 is 0 Å². The van der Waals surface area contributed by atoms with E-state index in [1.54, 1.807) is 11.5 Å². The second-order valence-corrected chi connectivity index (χ2v) is 7.65. The van der Waals surface area contributed by atoms with Crippen molar-refractivity contribution in [3.05, 3.63) is 26.6 Å². The van der Waals surface area contributed by atoms with Gasteiger partial charge in [0.1, 0.15) is 15.5 Å². The lowest BCUT2D eigenvalue weighted by molar-refractivity contribution is -0.127. The molecule has 0 aliphatic carbocycles. The minimum Gasteiger partial charge on any atom is -0.448 e. The van der Waals surface area contributed by atoms with Crippen molar-refractivity contribution in [2.24, 2.45) is 0 Å². The number of urea groups is 1. The van der Waals surface area contributed by atoms with E-state index in [1.165, 1.54) is 14.0 Å². The average molecular weight is 406 g/mol. The number of thiophene rings is 1. The Bertz CT molecular complexity index is 1010. The van der Waals surface area contributed by atoms with Crippen LogP contribution in [0.3, 0.4) is 0 Å². The summed E-state index contributed by atoms with van der Waals surface area (Å²) in [6.07, 6.45) is 2.53. The molecular weight excluding hydrogens is 384 g/mol. The van der Waals surface area contributed by atoms with Gasteiger partial charge in [-0.2, -0.15) is 0 Å². The number of imide groups is 1. The number of aryl methyl sites for hydroxylation is 2. The number of aromatic nitrogens is 2. The van der Waals surface area contributed by atoms with Crippen LogP contribution in [-0.2, 0) is 22.5 Å². The Kier molecular flexibility index (Phi) is 5.78. The molecular formula is C18H22N4O5S. The molecule has 10 heteroatoms. The van der Waals surface area contributed by atoms with Crippen molar-refractivity contribution in [2.75, 3.05) is 7.05 Å². The SMILES string of the molecule is CNC(=O)NC(=O)[C@H](C)OC(=O)c1sc2nc3n(c(=O)c2c1C)CCCCC3. The van der Waals surface area contributed by atoms with E-state index in [9.17, 15) is 19.2 Å². The van der Waals surface area contributed by atoms with Crippen molar-refractivity contribution in [3.8, 4) is 0 Å². The van der Waals surface area contributed by atoms with Gasteiger partial charge in [0.15, 0.2) is 6.10 Å². The van der Waals surface area contributed by atoms with Crippen molar-refractivity contribution in [3.63, 3.8) is 0 Å². The average Bonchev–Trinajstić information content (AvgIpc) is 2.83. The molecule has 0 spiro atoms. The molecule has 9 nitrogen and oxygen atoms in total. The first-order chi connectivity index (χ1) is 13.3. The van der Waals surface area contributed by atoms with Crippen molar-refractivity contribution < 1.29 is 19.1 Å². The minimum absolute atomic E-state index is 0.139. The Morgan fingerprint density at radius 1 is 1.25 bits per heavy atom. The second-order valence-electron chi connectivity index (χ2n) is 6.65. The van der Waals surface area contributed by atoms with Gasteiger partial charge >= 0.3 is 12.0 Å². The summed E-state index contributed by atoms with van der Waals surface area (Å²) < 4.78 is 6.88. The summed E-state index contributed by atoms with van der Waals surface area (Å²) in [6.45, 7) is 3.68. The van der Waals surface area contributed by atoms with Crippen LogP contribution in [0.4, 0.5) is 4.79 Å². The third-order valence-electron chi connectivity index (χ3n) is 4.71. The van der Waals surface area contributed by atoms with E-state index in [0.29, 0.717) is 22.3 Å². The van der Waals surface area contributed by atoms with Crippen molar-refractivity contribution in [2.45, 2.75) is 52.2 Å². The number of hydrogen-bond acceptors (Lipinski definition) is 7. The van der Waals surface area contributed by atoms with Crippen LogP contribution in [0.1, 0.15) is 47.2 Å². The third-order valence-corrected chi connectivity index (χ3v) is 5.88. The Morgan fingerprint density at radius 3 is 2.71 bits per heavy atom. The van der Waals surface area contributed by atoms with E-state index in [2.05, 4.69) is 15.6 Å². The van der Waals surface area contributed by atoms with Crippen LogP contribution in [-0.4, -0.2) is 40.6 Å². The molecule has 3 rings (SSSR count). The van der Waals surface area contributed by atoms with Gasteiger partial charge in [-0.15, -0.1) is 11.3 Å². The fourth-order valence-electron chi connectivity index (χ4n) is 3.15. The Labute approximate surface area is 165 Å². The number of nitrogens with one attached hydrogen (secondary N) is 2. The molecule has 0 aromatic carbocycles. The van der Waals surface area contributed by atoms with Crippen molar-refractivity contribution >= 4 is 39.5 Å². The zero-order valence-electron chi connectivity index (χ0n) is 16.0. The summed E-state index contributed by atoms with van der Waals surface area (Å²) >= 11 is 1.09. The van der Waals surface area contributed by atoms with E-state index in [-0.39, 0.29) is 10.4 Å². The van der Waals surface area contributed by atoms with Gasteiger partial charge in [-0.1, -0.05) is 6.42 Å². The third kappa shape index (κ3) is 3.77. The molecule has 0 unspecified atom stereocenters. The molecule has 28 heavy (non-hydrogen) atoms. The maximum atomic E-state index is 12.9. The molecule has 3 amide bonds. The topological polar surface area (TPSA) is 119 Å². The lowest BCUT2D eigenvalue weighted by Gasteiger charge is -2.12. The first-order valence-corrected chi connectivity index (χ1v) is 9.91. The summed E-state index contributed by atoms with van der Waals surface area (Å²) in [5.41, 5.74) is 0.362. The monoisotopic (exact) mass is 406 g/mol. The maximum Gasteiger partial charge on any atom is 0.349 e. The van der Waals surface area contributed by atoms with E-state index in [4.69, 9.17) is 4.74 Å². The van der Waals surface area contributed by atoms with Gasteiger partial charge in [0.05, 0.1) is 5.39 Å². The molecule has 1 aliphatic rings. The minimum atomic E-state index is -1.17. The highest BCUT2D eigenvalue weighted by atomic mass is 32.1. The highest BCUT2D eigenvalue weighted by Gasteiger charge is 2.26. The Morgan fingerprint density at radius 2 is 2.00 bits per heavy atom. The molecule has 0 fully saturated rings. The lowest BCUT2D eigenvalue weighted by Crippen LogP contribution is -2.43.